The van der Waals surface area contributed by atoms with Crippen LogP contribution < -0.4 is 10.6 Å². The molecular weight excluding hydrogens is 451 g/mol. The van der Waals surface area contributed by atoms with E-state index in [1.54, 1.807) is 23.7 Å². The summed E-state index contributed by atoms with van der Waals surface area (Å²) in [6.07, 6.45) is -2.36. The van der Waals surface area contributed by atoms with Gasteiger partial charge in [0.15, 0.2) is 0 Å². The third-order valence-corrected chi connectivity index (χ3v) is 6.08. The lowest BCUT2D eigenvalue weighted by Gasteiger charge is -2.18. The number of hydrogen-bond acceptors (Lipinski definition) is 3. The van der Waals surface area contributed by atoms with Crippen LogP contribution in [0, 0.1) is 0 Å². The zero-order valence-electron chi connectivity index (χ0n) is 17.3. The number of fused-ring (bicyclic) bond motifs is 1. The number of hydrogen-bond donors (Lipinski definition) is 3. The minimum Gasteiger partial charge on any atom is -0.361 e. The molecule has 0 fully saturated rings. The minimum absolute atomic E-state index is 0.0379. The average Bonchev–Trinajstić information content (AvgIpc) is 3.47. The molecule has 0 saturated carbocycles. The Balaban J connectivity index is 1.49. The van der Waals surface area contributed by atoms with Gasteiger partial charge in [0.2, 0.25) is 5.91 Å². The summed E-state index contributed by atoms with van der Waals surface area (Å²) in [4.78, 5) is 29.3. The molecule has 1 atom stereocenters. The Labute approximate surface area is 191 Å². The highest BCUT2D eigenvalue weighted by Gasteiger charge is 2.30. The summed E-state index contributed by atoms with van der Waals surface area (Å²) in [6.45, 7) is 0.0379. The summed E-state index contributed by atoms with van der Waals surface area (Å²) in [5.74, 6) is -0.787. The number of para-hydroxylation sites is 1. The Morgan fingerprint density at radius 1 is 1.00 bits per heavy atom. The average molecular weight is 472 g/mol. The number of nitrogens with one attached hydrogen (secondary N) is 3. The van der Waals surface area contributed by atoms with E-state index in [1.165, 1.54) is 23.5 Å². The standard InChI is InChI=1S/C24H20F3N3O2S/c25-24(26,27)17-9-7-15(8-10-17)13-29-22(31)20(30-23(32)21-6-3-11-33-21)12-16-14-28-19-5-2-1-4-18(16)19/h1-11,14,20,28H,12-13H2,(H,29,31)(H,30,32)/t20-/m0/s1. The predicted octanol–water partition coefficient (Wildman–Crippen LogP) is 4.91. The van der Waals surface area contributed by atoms with E-state index >= 15 is 0 Å². The Hall–Kier alpha value is -3.59. The molecule has 4 aromatic rings. The van der Waals surface area contributed by atoms with Crippen molar-refractivity contribution in [2.24, 2.45) is 0 Å². The molecule has 2 heterocycles. The van der Waals surface area contributed by atoms with Gasteiger partial charge in [-0.15, -0.1) is 11.3 Å². The molecule has 0 spiro atoms. The lowest BCUT2D eigenvalue weighted by molar-refractivity contribution is -0.137. The third-order valence-electron chi connectivity index (χ3n) is 5.21. The summed E-state index contributed by atoms with van der Waals surface area (Å²) in [5.41, 5.74) is 1.55. The van der Waals surface area contributed by atoms with Crippen LogP contribution in [0.2, 0.25) is 0 Å². The Morgan fingerprint density at radius 2 is 1.76 bits per heavy atom. The highest BCUT2D eigenvalue weighted by atomic mass is 32.1. The highest BCUT2D eigenvalue weighted by molar-refractivity contribution is 7.12. The fourth-order valence-electron chi connectivity index (χ4n) is 3.49. The van der Waals surface area contributed by atoms with Gasteiger partial charge >= 0.3 is 6.18 Å². The van der Waals surface area contributed by atoms with Crippen LogP contribution >= 0.6 is 11.3 Å². The Morgan fingerprint density at radius 3 is 2.45 bits per heavy atom. The maximum Gasteiger partial charge on any atom is 0.416 e. The van der Waals surface area contributed by atoms with Gasteiger partial charge in [0.25, 0.3) is 5.91 Å². The first kappa shape index (κ1) is 22.6. The molecule has 0 saturated heterocycles. The van der Waals surface area contributed by atoms with Crippen LogP contribution in [0.4, 0.5) is 13.2 Å². The van der Waals surface area contributed by atoms with Gasteiger partial charge in [-0.2, -0.15) is 13.2 Å². The molecule has 33 heavy (non-hydrogen) atoms. The normalized spacial score (nSPS) is 12.5. The van der Waals surface area contributed by atoms with Crippen LogP contribution in [0.3, 0.4) is 0 Å². The van der Waals surface area contributed by atoms with Crippen molar-refractivity contribution in [3.8, 4) is 0 Å². The fourth-order valence-corrected chi connectivity index (χ4v) is 4.12. The minimum atomic E-state index is -4.42. The SMILES string of the molecule is O=C(N[C@@H](Cc1c[nH]c2ccccc12)C(=O)NCc1ccc(C(F)(F)F)cc1)c1cccs1. The lowest BCUT2D eigenvalue weighted by Crippen LogP contribution is -2.47. The molecule has 2 aromatic heterocycles. The molecule has 4 rings (SSSR count). The highest BCUT2D eigenvalue weighted by Crippen LogP contribution is 2.29. The van der Waals surface area contributed by atoms with E-state index in [2.05, 4.69) is 15.6 Å². The molecule has 2 aromatic carbocycles. The van der Waals surface area contributed by atoms with E-state index < -0.39 is 23.7 Å². The maximum atomic E-state index is 13.0. The largest absolute Gasteiger partial charge is 0.416 e. The van der Waals surface area contributed by atoms with Crippen molar-refractivity contribution in [1.29, 1.82) is 0 Å². The number of thiophene rings is 1. The molecule has 0 unspecified atom stereocenters. The van der Waals surface area contributed by atoms with Crippen LogP contribution in [0.25, 0.3) is 10.9 Å². The molecule has 2 amide bonds. The van der Waals surface area contributed by atoms with Crippen molar-refractivity contribution < 1.29 is 22.8 Å². The van der Waals surface area contributed by atoms with Gasteiger partial charge in [-0.1, -0.05) is 36.4 Å². The van der Waals surface area contributed by atoms with Gasteiger partial charge in [0.05, 0.1) is 10.4 Å². The van der Waals surface area contributed by atoms with E-state index in [0.717, 1.165) is 28.6 Å². The zero-order chi connectivity index (χ0) is 23.4. The van der Waals surface area contributed by atoms with Gasteiger partial charge in [0.1, 0.15) is 6.04 Å². The molecule has 0 aliphatic heterocycles. The van der Waals surface area contributed by atoms with E-state index in [1.807, 2.05) is 24.3 Å². The zero-order valence-corrected chi connectivity index (χ0v) is 18.1. The van der Waals surface area contributed by atoms with Crippen molar-refractivity contribution in [3.63, 3.8) is 0 Å². The number of halogens is 3. The van der Waals surface area contributed by atoms with Crippen molar-refractivity contribution in [1.82, 2.24) is 15.6 Å². The number of aromatic nitrogens is 1. The van der Waals surface area contributed by atoms with E-state index in [9.17, 15) is 22.8 Å². The van der Waals surface area contributed by atoms with Crippen molar-refractivity contribution in [2.75, 3.05) is 0 Å². The van der Waals surface area contributed by atoms with Gasteiger partial charge in [0, 0.05) is 30.1 Å². The van der Waals surface area contributed by atoms with E-state index in [0.29, 0.717) is 10.4 Å². The number of rotatable bonds is 7. The summed E-state index contributed by atoms with van der Waals surface area (Å²) in [6, 6.07) is 14.8. The molecular formula is C24H20F3N3O2S. The number of carbonyl (C=O) groups excluding carboxylic acids is 2. The first-order chi connectivity index (χ1) is 15.8. The first-order valence-electron chi connectivity index (χ1n) is 10.1. The number of carbonyl (C=O) groups is 2. The molecule has 0 aliphatic carbocycles. The van der Waals surface area contributed by atoms with Gasteiger partial charge in [-0.25, -0.2) is 0 Å². The number of amides is 2. The smallest absolute Gasteiger partial charge is 0.361 e. The summed E-state index contributed by atoms with van der Waals surface area (Å²) in [5, 5.41) is 8.23. The fraction of sp³-hybridized carbons (Fsp3) is 0.167. The van der Waals surface area contributed by atoms with E-state index in [4.69, 9.17) is 0 Å². The van der Waals surface area contributed by atoms with Crippen LogP contribution in [0.1, 0.15) is 26.4 Å². The monoisotopic (exact) mass is 471 g/mol. The number of benzene rings is 2. The molecule has 170 valence electrons. The molecule has 5 nitrogen and oxygen atoms in total. The van der Waals surface area contributed by atoms with Crippen LogP contribution in [0.5, 0.6) is 0 Å². The van der Waals surface area contributed by atoms with Gasteiger partial charge < -0.3 is 15.6 Å². The van der Waals surface area contributed by atoms with Crippen LogP contribution in [-0.2, 0) is 23.9 Å². The molecule has 0 bridgehead atoms. The maximum absolute atomic E-state index is 13.0. The van der Waals surface area contributed by atoms with Crippen molar-refractivity contribution >= 4 is 34.1 Å². The molecule has 9 heteroatoms. The second kappa shape index (κ2) is 9.50. The first-order valence-corrected chi connectivity index (χ1v) is 11.0. The summed E-state index contributed by atoms with van der Waals surface area (Å²) >= 11 is 1.27. The number of H-pyrrole nitrogens is 1. The quantitative estimate of drug-likeness (QED) is 0.359. The van der Waals surface area contributed by atoms with Crippen LogP contribution in [0.15, 0.2) is 72.2 Å². The molecule has 0 aliphatic rings. The third kappa shape index (κ3) is 5.43. The Bertz CT molecular complexity index is 1250. The second-order valence-electron chi connectivity index (χ2n) is 7.48. The molecule has 0 radical (unpaired) electrons. The van der Waals surface area contributed by atoms with Crippen LogP contribution in [-0.4, -0.2) is 22.8 Å². The van der Waals surface area contributed by atoms with Crippen molar-refractivity contribution in [3.05, 3.63) is 93.8 Å². The predicted molar refractivity (Wildman–Crippen MR) is 121 cm³/mol. The Kier molecular flexibility index (Phi) is 6.50. The molecule has 3 N–H and O–H groups in total. The van der Waals surface area contributed by atoms with Gasteiger partial charge in [-0.05, 0) is 40.8 Å². The lowest BCUT2D eigenvalue weighted by atomic mass is 10.0. The number of alkyl halides is 3. The summed E-state index contributed by atoms with van der Waals surface area (Å²) < 4.78 is 38.3. The number of aromatic amines is 1. The van der Waals surface area contributed by atoms with E-state index in [-0.39, 0.29) is 18.9 Å². The van der Waals surface area contributed by atoms with Crippen molar-refractivity contribution in [2.45, 2.75) is 25.2 Å². The topological polar surface area (TPSA) is 74.0 Å². The van der Waals surface area contributed by atoms with Gasteiger partial charge in [-0.3, -0.25) is 9.59 Å². The summed E-state index contributed by atoms with van der Waals surface area (Å²) in [7, 11) is 0. The second-order valence-corrected chi connectivity index (χ2v) is 8.43.